The second-order valence-electron chi connectivity index (χ2n) is 6.28. The van der Waals surface area contributed by atoms with Gasteiger partial charge in [-0.05, 0) is 51.6 Å². The van der Waals surface area contributed by atoms with Crippen LogP contribution in [-0.2, 0) is 9.59 Å². The van der Waals surface area contributed by atoms with Crippen molar-refractivity contribution in [2.75, 3.05) is 19.6 Å². The number of aliphatic carboxylic acids is 1. The topological polar surface area (TPSA) is 60.9 Å². The van der Waals surface area contributed by atoms with Gasteiger partial charge in [-0.15, -0.1) is 0 Å². The maximum Gasteiger partial charge on any atom is 0.326 e. The Labute approximate surface area is 127 Å². The summed E-state index contributed by atoms with van der Waals surface area (Å²) >= 11 is 0. The molecule has 0 saturated carbocycles. The van der Waals surface area contributed by atoms with Crippen LogP contribution in [0.4, 0.5) is 0 Å². The molecule has 2 atom stereocenters. The molecule has 0 bridgehead atoms. The number of likely N-dealkylation sites (tertiary alicyclic amines) is 2. The lowest BCUT2D eigenvalue weighted by molar-refractivity contribution is -0.148. The van der Waals surface area contributed by atoms with Crippen molar-refractivity contribution in [3.05, 3.63) is 0 Å². The van der Waals surface area contributed by atoms with Crippen molar-refractivity contribution in [2.24, 2.45) is 0 Å². The average Bonchev–Trinajstić information content (AvgIpc) is 2.97. The molecule has 21 heavy (non-hydrogen) atoms. The molecule has 0 spiro atoms. The van der Waals surface area contributed by atoms with Gasteiger partial charge in [0.2, 0.25) is 5.91 Å². The van der Waals surface area contributed by atoms with E-state index >= 15 is 0 Å². The van der Waals surface area contributed by atoms with Gasteiger partial charge in [-0.2, -0.15) is 0 Å². The molecule has 2 unspecified atom stereocenters. The van der Waals surface area contributed by atoms with Crippen molar-refractivity contribution in [3.8, 4) is 0 Å². The van der Waals surface area contributed by atoms with Gasteiger partial charge in [-0.3, -0.25) is 4.79 Å². The van der Waals surface area contributed by atoms with Crippen molar-refractivity contribution < 1.29 is 14.7 Å². The minimum absolute atomic E-state index is 0.0185. The fourth-order valence-electron chi connectivity index (χ4n) is 3.72. The summed E-state index contributed by atoms with van der Waals surface area (Å²) in [7, 11) is 0. The predicted molar refractivity (Wildman–Crippen MR) is 81.1 cm³/mol. The Hall–Kier alpha value is -1.10. The summed E-state index contributed by atoms with van der Waals surface area (Å²) in [5.74, 6) is -0.840. The van der Waals surface area contributed by atoms with E-state index in [1.165, 1.54) is 25.7 Å². The van der Waals surface area contributed by atoms with Crippen LogP contribution in [0.2, 0.25) is 0 Å². The fraction of sp³-hybridized carbons (Fsp3) is 0.875. The normalized spacial score (nSPS) is 27.0. The molecule has 1 N–H and O–H groups in total. The van der Waals surface area contributed by atoms with E-state index in [1.54, 1.807) is 4.90 Å². The fourth-order valence-corrected chi connectivity index (χ4v) is 3.72. The lowest BCUT2D eigenvalue weighted by Gasteiger charge is -2.35. The molecule has 0 aromatic carbocycles. The van der Waals surface area contributed by atoms with Gasteiger partial charge in [0.15, 0.2) is 0 Å². The Morgan fingerprint density at radius 3 is 2.67 bits per heavy atom. The third-order valence-corrected chi connectivity index (χ3v) is 4.91. The highest BCUT2D eigenvalue weighted by atomic mass is 16.4. The molecule has 5 heteroatoms. The highest BCUT2D eigenvalue weighted by Crippen LogP contribution is 2.21. The maximum atomic E-state index is 12.2. The molecule has 0 radical (unpaired) electrons. The van der Waals surface area contributed by atoms with Crippen LogP contribution in [0.3, 0.4) is 0 Å². The molecular formula is C16H28N2O3. The molecule has 2 aliphatic heterocycles. The number of carboxylic acid groups (broad SMARTS) is 1. The zero-order chi connectivity index (χ0) is 15.2. The van der Waals surface area contributed by atoms with Gasteiger partial charge < -0.3 is 14.9 Å². The number of hydrogen-bond acceptors (Lipinski definition) is 3. The first-order valence-corrected chi connectivity index (χ1v) is 8.39. The lowest BCUT2D eigenvalue weighted by Crippen LogP contribution is -2.42. The van der Waals surface area contributed by atoms with Crippen LogP contribution in [0.25, 0.3) is 0 Å². The highest BCUT2D eigenvalue weighted by Gasteiger charge is 2.33. The number of nitrogens with zero attached hydrogens (tertiary/aromatic N) is 2. The number of carbonyl (C=O) groups excluding carboxylic acids is 1. The van der Waals surface area contributed by atoms with Gasteiger partial charge in [0.1, 0.15) is 6.04 Å². The molecule has 1 amide bonds. The Bertz CT molecular complexity index is 373. The Morgan fingerprint density at radius 1 is 1.14 bits per heavy atom. The van der Waals surface area contributed by atoms with Crippen LogP contribution < -0.4 is 0 Å². The molecule has 2 saturated heterocycles. The summed E-state index contributed by atoms with van der Waals surface area (Å²) in [5.41, 5.74) is 0. The molecule has 0 aliphatic carbocycles. The Kier molecular flexibility index (Phi) is 6.03. The van der Waals surface area contributed by atoms with Crippen LogP contribution >= 0.6 is 0 Å². The number of rotatable bonds is 6. The van der Waals surface area contributed by atoms with Crippen LogP contribution in [0.5, 0.6) is 0 Å². The number of hydrogen-bond donors (Lipinski definition) is 1. The standard InChI is InChI=1S/C16H28N2O3/c1-2-13-7-3-4-10-17(13)11-6-9-15(19)18-12-5-8-14(18)16(20)21/h13-14H,2-12H2,1H3,(H,20,21). The van der Waals surface area contributed by atoms with E-state index in [-0.39, 0.29) is 5.91 Å². The number of carboxylic acids is 1. The molecule has 0 aromatic heterocycles. The summed E-state index contributed by atoms with van der Waals surface area (Å²) in [4.78, 5) is 27.4. The zero-order valence-electron chi connectivity index (χ0n) is 13.1. The molecular weight excluding hydrogens is 268 g/mol. The highest BCUT2D eigenvalue weighted by molar-refractivity contribution is 5.84. The van der Waals surface area contributed by atoms with E-state index in [2.05, 4.69) is 11.8 Å². The minimum atomic E-state index is -0.858. The van der Waals surface area contributed by atoms with Gasteiger partial charge in [0.05, 0.1) is 0 Å². The molecule has 120 valence electrons. The van der Waals surface area contributed by atoms with Gasteiger partial charge in [-0.25, -0.2) is 4.79 Å². The predicted octanol–water partition coefficient (Wildman–Crippen LogP) is 2.11. The first-order chi connectivity index (χ1) is 10.1. The molecule has 2 heterocycles. The van der Waals surface area contributed by atoms with Crippen molar-refractivity contribution in [3.63, 3.8) is 0 Å². The minimum Gasteiger partial charge on any atom is -0.480 e. The monoisotopic (exact) mass is 296 g/mol. The third-order valence-electron chi connectivity index (χ3n) is 4.91. The Morgan fingerprint density at radius 2 is 1.95 bits per heavy atom. The van der Waals surface area contributed by atoms with Crippen molar-refractivity contribution in [1.82, 2.24) is 9.80 Å². The van der Waals surface area contributed by atoms with Crippen LogP contribution in [-0.4, -0.2) is 58.5 Å². The first kappa shape index (κ1) is 16.3. The van der Waals surface area contributed by atoms with E-state index in [0.717, 1.165) is 25.9 Å². The van der Waals surface area contributed by atoms with E-state index in [4.69, 9.17) is 5.11 Å². The molecule has 5 nitrogen and oxygen atoms in total. The zero-order valence-corrected chi connectivity index (χ0v) is 13.1. The first-order valence-electron chi connectivity index (χ1n) is 8.39. The summed E-state index contributed by atoms with van der Waals surface area (Å²) in [6, 6.07) is 0.0864. The third kappa shape index (κ3) is 4.19. The number of carbonyl (C=O) groups is 2. The second kappa shape index (κ2) is 7.78. The quantitative estimate of drug-likeness (QED) is 0.815. The summed E-state index contributed by atoms with van der Waals surface area (Å²) in [5, 5.41) is 9.13. The lowest BCUT2D eigenvalue weighted by atomic mass is 9.99. The van der Waals surface area contributed by atoms with E-state index in [1.807, 2.05) is 0 Å². The second-order valence-corrected chi connectivity index (χ2v) is 6.28. The molecule has 0 aromatic rings. The van der Waals surface area contributed by atoms with E-state index < -0.39 is 12.0 Å². The van der Waals surface area contributed by atoms with Crippen molar-refractivity contribution >= 4 is 11.9 Å². The summed E-state index contributed by atoms with van der Waals surface area (Å²) < 4.78 is 0. The van der Waals surface area contributed by atoms with Crippen LogP contribution in [0, 0.1) is 0 Å². The van der Waals surface area contributed by atoms with Gasteiger partial charge in [0.25, 0.3) is 0 Å². The summed E-state index contributed by atoms with van der Waals surface area (Å²) in [6.07, 6.45) is 7.78. The van der Waals surface area contributed by atoms with Crippen molar-refractivity contribution in [1.29, 1.82) is 0 Å². The molecule has 2 rings (SSSR count). The largest absolute Gasteiger partial charge is 0.480 e. The summed E-state index contributed by atoms with van der Waals surface area (Å²) in [6.45, 7) is 4.96. The number of amides is 1. The van der Waals surface area contributed by atoms with Gasteiger partial charge >= 0.3 is 5.97 Å². The average molecular weight is 296 g/mol. The van der Waals surface area contributed by atoms with Gasteiger partial charge in [-0.1, -0.05) is 13.3 Å². The maximum absolute atomic E-state index is 12.2. The number of piperidine rings is 1. The van der Waals surface area contributed by atoms with Crippen LogP contribution in [0.1, 0.15) is 58.3 Å². The molecule has 2 fully saturated rings. The molecule has 2 aliphatic rings. The van der Waals surface area contributed by atoms with Gasteiger partial charge in [0, 0.05) is 19.0 Å². The van der Waals surface area contributed by atoms with E-state index in [0.29, 0.717) is 25.4 Å². The van der Waals surface area contributed by atoms with Crippen LogP contribution in [0.15, 0.2) is 0 Å². The van der Waals surface area contributed by atoms with E-state index in [9.17, 15) is 9.59 Å². The Balaban J connectivity index is 1.75. The SMILES string of the molecule is CCC1CCCCN1CCCC(=O)N1CCCC1C(=O)O. The smallest absolute Gasteiger partial charge is 0.326 e. The van der Waals surface area contributed by atoms with Crippen molar-refractivity contribution in [2.45, 2.75) is 70.4 Å².